The van der Waals surface area contributed by atoms with Crippen LogP contribution < -0.4 is 5.73 Å². The van der Waals surface area contributed by atoms with E-state index in [9.17, 15) is 4.79 Å². The molecule has 0 aromatic carbocycles. The third-order valence-electron chi connectivity index (χ3n) is 4.25. The molecule has 2 aliphatic rings. The van der Waals surface area contributed by atoms with Crippen molar-refractivity contribution >= 4 is 6.03 Å². The summed E-state index contributed by atoms with van der Waals surface area (Å²) in [6.07, 6.45) is 1.09. The molecule has 6 heteroatoms. The van der Waals surface area contributed by atoms with Crippen molar-refractivity contribution in [2.45, 2.75) is 25.5 Å². The van der Waals surface area contributed by atoms with E-state index in [4.69, 9.17) is 10.5 Å². The van der Waals surface area contributed by atoms with Gasteiger partial charge in [0.25, 0.3) is 0 Å². The smallest absolute Gasteiger partial charge is 0.320 e. The molecular weight excluding hydrogens is 244 g/mol. The molecule has 2 unspecified atom stereocenters. The highest BCUT2D eigenvalue weighted by atomic mass is 16.5. The molecule has 110 valence electrons. The highest BCUT2D eigenvalue weighted by Crippen LogP contribution is 2.13. The van der Waals surface area contributed by atoms with Crippen LogP contribution in [0.2, 0.25) is 0 Å². The summed E-state index contributed by atoms with van der Waals surface area (Å²) in [5, 5.41) is 0. The van der Waals surface area contributed by atoms with E-state index < -0.39 is 0 Å². The fraction of sp³-hybridized carbons (Fsp3) is 0.923. The Morgan fingerprint density at radius 2 is 2.00 bits per heavy atom. The predicted molar refractivity (Wildman–Crippen MR) is 74.0 cm³/mol. The molecular formula is C13H26N4O2. The topological polar surface area (TPSA) is 62.0 Å². The van der Waals surface area contributed by atoms with Crippen LogP contribution in [-0.4, -0.2) is 85.8 Å². The van der Waals surface area contributed by atoms with Gasteiger partial charge in [0.05, 0.1) is 6.10 Å². The predicted octanol–water partition coefficient (Wildman–Crippen LogP) is -0.208. The average Bonchev–Trinajstić information content (AvgIpc) is 2.78. The maximum Gasteiger partial charge on any atom is 0.320 e. The van der Waals surface area contributed by atoms with Gasteiger partial charge in [0.1, 0.15) is 0 Å². The molecule has 0 aliphatic carbocycles. The first-order chi connectivity index (χ1) is 9.15. The van der Waals surface area contributed by atoms with Crippen molar-refractivity contribution in [1.29, 1.82) is 0 Å². The number of nitrogens with zero attached hydrogens (tertiary/aromatic N) is 3. The quantitative estimate of drug-likeness (QED) is 0.751. The average molecular weight is 270 g/mol. The van der Waals surface area contributed by atoms with Crippen molar-refractivity contribution in [1.82, 2.24) is 14.7 Å². The third kappa shape index (κ3) is 3.38. The highest BCUT2D eigenvalue weighted by Gasteiger charge is 2.29. The third-order valence-corrected chi connectivity index (χ3v) is 4.25. The lowest BCUT2D eigenvalue weighted by Gasteiger charge is -2.36. The van der Waals surface area contributed by atoms with E-state index in [1.165, 1.54) is 0 Å². The van der Waals surface area contributed by atoms with Crippen LogP contribution >= 0.6 is 0 Å². The van der Waals surface area contributed by atoms with E-state index in [2.05, 4.69) is 4.90 Å². The van der Waals surface area contributed by atoms with Crippen molar-refractivity contribution in [3.63, 3.8) is 0 Å². The van der Waals surface area contributed by atoms with Gasteiger partial charge < -0.3 is 20.3 Å². The number of piperidine rings is 1. The van der Waals surface area contributed by atoms with E-state index in [0.717, 1.165) is 52.2 Å². The number of carbonyl (C=O) groups excluding carboxylic acids is 1. The minimum Gasteiger partial charge on any atom is -0.379 e. The molecule has 2 N–H and O–H groups in total. The molecule has 2 rings (SSSR count). The Labute approximate surface area is 115 Å². The molecule has 2 aliphatic heterocycles. The highest BCUT2D eigenvalue weighted by molar-refractivity contribution is 5.76. The molecule has 0 saturated carbocycles. The normalized spacial score (nSPS) is 29.3. The van der Waals surface area contributed by atoms with Crippen molar-refractivity contribution in [2.75, 3.05) is 52.9 Å². The number of rotatable bonds is 5. The number of likely N-dealkylation sites (N-methyl/N-ethyl adjacent to an activating group) is 1. The maximum absolute atomic E-state index is 12.0. The molecule has 2 amide bonds. The molecule has 2 fully saturated rings. The number of hydrogen-bond acceptors (Lipinski definition) is 4. The van der Waals surface area contributed by atoms with Gasteiger partial charge in [-0.3, -0.25) is 4.90 Å². The summed E-state index contributed by atoms with van der Waals surface area (Å²) in [7, 11) is 1.72. The Morgan fingerprint density at radius 3 is 2.63 bits per heavy atom. The zero-order valence-corrected chi connectivity index (χ0v) is 12.0. The lowest BCUT2D eigenvalue weighted by Crippen LogP contribution is -2.52. The minimum atomic E-state index is 0.121. The van der Waals surface area contributed by atoms with E-state index in [1.54, 1.807) is 7.11 Å². The summed E-state index contributed by atoms with van der Waals surface area (Å²) in [5.74, 6) is 0. The molecule has 0 aromatic rings. The number of urea groups is 1. The zero-order chi connectivity index (χ0) is 13.8. The lowest BCUT2D eigenvalue weighted by molar-refractivity contribution is 0.0153. The fourth-order valence-electron chi connectivity index (χ4n) is 2.85. The zero-order valence-electron chi connectivity index (χ0n) is 12.0. The van der Waals surface area contributed by atoms with Gasteiger partial charge in [-0.05, 0) is 19.9 Å². The van der Waals surface area contributed by atoms with E-state index in [1.807, 2.05) is 16.7 Å². The molecule has 2 heterocycles. The summed E-state index contributed by atoms with van der Waals surface area (Å²) in [6, 6.07) is 0.324. The van der Waals surface area contributed by atoms with E-state index >= 15 is 0 Å². The number of methoxy groups -OCH3 is 1. The van der Waals surface area contributed by atoms with Gasteiger partial charge in [-0.1, -0.05) is 0 Å². The maximum atomic E-state index is 12.0. The van der Waals surface area contributed by atoms with Crippen LogP contribution in [0.25, 0.3) is 0 Å². The summed E-state index contributed by atoms with van der Waals surface area (Å²) in [6.45, 7) is 8.14. The standard InChI is InChI=1S/C13H26N4O2/c1-3-16-8-9-17(13(16)18)7-6-15-5-4-11(14)12(10-15)19-2/h11-12H,3-10,14H2,1-2H3. The van der Waals surface area contributed by atoms with Crippen LogP contribution in [0.5, 0.6) is 0 Å². The van der Waals surface area contributed by atoms with Crippen molar-refractivity contribution in [2.24, 2.45) is 5.73 Å². The molecule has 0 bridgehead atoms. The number of carbonyl (C=O) groups is 1. The van der Waals surface area contributed by atoms with Gasteiger partial charge in [-0.15, -0.1) is 0 Å². The summed E-state index contributed by atoms with van der Waals surface area (Å²) < 4.78 is 5.41. The Balaban J connectivity index is 1.75. The van der Waals surface area contributed by atoms with Crippen molar-refractivity contribution < 1.29 is 9.53 Å². The number of likely N-dealkylation sites (tertiary alicyclic amines) is 1. The Bertz CT molecular complexity index is 313. The first-order valence-electron chi connectivity index (χ1n) is 7.20. The summed E-state index contributed by atoms with van der Waals surface area (Å²) >= 11 is 0. The monoisotopic (exact) mass is 270 g/mol. The number of amides is 2. The summed E-state index contributed by atoms with van der Waals surface area (Å²) in [5.41, 5.74) is 6.01. The molecule has 2 saturated heterocycles. The first kappa shape index (κ1) is 14.6. The van der Waals surface area contributed by atoms with Crippen molar-refractivity contribution in [3.8, 4) is 0 Å². The molecule has 2 atom stereocenters. The SMILES string of the molecule is CCN1CCN(CCN2CCC(N)C(OC)C2)C1=O. The molecule has 19 heavy (non-hydrogen) atoms. The molecule has 0 spiro atoms. The molecule has 0 radical (unpaired) electrons. The summed E-state index contributed by atoms with van der Waals surface area (Å²) in [4.78, 5) is 18.2. The largest absolute Gasteiger partial charge is 0.379 e. The molecule has 6 nitrogen and oxygen atoms in total. The first-order valence-corrected chi connectivity index (χ1v) is 7.20. The van der Waals surface area contributed by atoms with Gasteiger partial charge >= 0.3 is 6.03 Å². The Kier molecular flexibility index (Phi) is 5.01. The second kappa shape index (κ2) is 6.54. The van der Waals surface area contributed by atoms with Crippen molar-refractivity contribution in [3.05, 3.63) is 0 Å². The minimum absolute atomic E-state index is 0.121. The fourth-order valence-corrected chi connectivity index (χ4v) is 2.85. The van der Waals surface area contributed by atoms with Gasteiger partial charge in [-0.2, -0.15) is 0 Å². The number of nitrogens with two attached hydrogens (primary N) is 1. The van der Waals surface area contributed by atoms with Crippen LogP contribution in [-0.2, 0) is 4.74 Å². The van der Waals surface area contributed by atoms with Crippen LogP contribution in [0.4, 0.5) is 4.79 Å². The number of ether oxygens (including phenoxy) is 1. The number of hydrogen-bond donors (Lipinski definition) is 1. The Morgan fingerprint density at radius 1 is 1.26 bits per heavy atom. The second-order valence-corrected chi connectivity index (χ2v) is 5.38. The van der Waals surface area contributed by atoms with Crippen LogP contribution in [0.3, 0.4) is 0 Å². The van der Waals surface area contributed by atoms with Crippen LogP contribution in [0.15, 0.2) is 0 Å². The Hall–Kier alpha value is -0.850. The lowest BCUT2D eigenvalue weighted by atomic mass is 10.0. The second-order valence-electron chi connectivity index (χ2n) is 5.38. The van der Waals surface area contributed by atoms with Gasteiger partial charge in [0.2, 0.25) is 0 Å². The van der Waals surface area contributed by atoms with Gasteiger partial charge in [0.15, 0.2) is 0 Å². The molecule has 0 aromatic heterocycles. The van der Waals surface area contributed by atoms with E-state index in [0.29, 0.717) is 0 Å². The van der Waals surface area contributed by atoms with Crippen LogP contribution in [0.1, 0.15) is 13.3 Å². The van der Waals surface area contributed by atoms with Gasteiger partial charge in [0, 0.05) is 52.4 Å². The van der Waals surface area contributed by atoms with Crippen LogP contribution in [0, 0.1) is 0 Å². The van der Waals surface area contributed by atoms with Gasteiger partial charge in [-0.25, -0.2) is 4.79 Å². The van der Waals surface area contributed by atoms with E-state index in [-0.39, 0.29) is 18.2 Å².